The number of aromatic nitrogens is 1. The van der Waals surface area contributed by atoms with Crippen molar-refractivity contribution in [1.82, 2.24) is 15.2 Å². The molecule has 1 aromatic carbocycles. The molecular formula is C16H18ClN3O. The Hall–Kier alpha value is -1.65. The normalized spacial score (nSPS) is 19.0. The molecule has 4 nitrogen and oxygen atoms in total. The number of hydrogen-bond donors (Lipinski definition) is 1. The van der Waals surface area contributed by atoms with Crippen molar-refractivity contribution in [2.75, 3.05) is 26.7 Å². The van der Waals surface area contributed by atoms with Gasteiger partial charge in [-0.15, -0.1) is 0 Å². The van der Waals surface area contributed by atoms with Crippen LogP contribution in [-0.4, -0.2) is 42.5 Å². The van der Waals surface area contributed by atoms with E-state index < -0.39 is 0 Å². The molecule has 1 aliphatic rings. The SMILES string of the molecule is CN1CC[C@@H](CNC(=O)c2ccc3cccc(Cl)c3n2)C1. The van der Waals surface area contributed by atoms with Crippen LogP contribution < -0.4 is 5.32 Å². The highest BCUT2D eigenvalue weighted by molar-refractivity contribution is 6.35. The van der Waals surface area contributed by atoms with Crippen molar-refractivity contribution >= 4 is 28.4 Å². The highest BCUT2D eigenvalue weighted by atomic mass is 35.5. The summed E-state index contributed by atoms with van der Waals surface area (Å²) >= 11 is 6.13. The molecule has 0 unspecified atom stereocenters. The minimum atomic E-state index is -0.133. The highest BCUT2D eigenvalue weighted by Gasteiger charge is 2.20. The Kier molecular flexibility index (Phi) is 4.08. The monoisotopic (exact) mass is 303 g/mol. The molecule has 2 heterocycles. The van der Waals surface area contributed by atoms with Crippen LogP contribution in [0.2, 0.25) is 5.02 Å². The van der Waals surface area contributed by atoms with E-state index in [0.717, 1.165) is 24.9 Å². The van der Waals surface area contributed by atoms with Crippen molar-refractivity contribution < 1.29 is 4.79 Å². The fourth-order valence-electron chi connectivity index (χ4n) is 2.76. The third kappa shape index (κ3) is 3.17. The largest absolute Gasteiger partial charge is 0.350 e. The second-order valence-electron chi connectivity index (χ2n) is 5.64. The first-order chi connectivity index (χ1) is 10.1. The Morgan fingerprint density at radius 3 is 3.05 bits per heavy atom. The molecule has 3 rings (SSSR count). The second kappa shape index (κ2) is 6.00. The topological polar surface area (TPSA) is 45.2 Å². The van der Waals surface area contributed by atoms with Gasteiger partial charge in [0, 0.05) is 18.5 Å². The quantitative estimate of drug-likeness (QED) is 0.948. The van der Waals surface area contributed by atoms with Crippen molar-refractivity contribution in [3.63, 3.8) is 0 Å². The minimum absolute atomic E-state index is 0.133. The van der Waals surface area contributed by atoms with Gasteiger partial charge in [-0.05, 0) is 38.1 Å². The summed E-state index contributed by atoms with van der Waals surface area (Å²) < 4.78 is 0. The van der Waals surface area contributed by atoms with Crippen molar-refractivity contribution in [2.24, 2.45) is 5.92 Å². The molecule has 0 spiro atoms. The number of fused-ring (bicyclic) bond motifs is 1. The molecule has 1 amide bonds. The van der Waals surface area contributed by atoms with E-state index in [-0.39, 0.29) is 5.91 Å². The third-order valence-corrected chi connectivity index (χ3v) is 4.25. The summed E-state index contributed by atoms with van der Waals surface area (Å²) in [7, 11) is 2.11. The number of hydrogen-bond acceptors (Lipinski definition) is 3. The summed E-state index contributed by atoms with van der Waals surface area (Å²) in [5.74, 6) is 0.398. The van der Waals surface area contributed by atoms with Gasteiger partial charge in [0.05, 0.1) is 10.5 Å². The number of nitrogens with zero attached hydrogens (tertiary/aromatic N) is 2. The van der Waals surface area contributed by atoms with Gasteiger partial charge in [0.2, 0.25) is 0 Å². The van der Waals surface area contributed by atoms with Crippen LogP contribution in [0, 0.1) is 5.92 Å². The first-order valence-corrected chi connectivity index (χ1v) is 7.53. The first kappa shape index (κ1) is 14.3. The van der Waals surface area contributed by atoms with Crippen LogP contribution in [0.1, 0.15) is 16.9 Å². The van der Waals surface area contributed by atoms with Gasteiger partial charge in [-0.25, -0.2) is 4.98 Å². The summed E-state index contributed by atoms with van der Waals surface area (Å²) in [6.07, 6.45) is 1.13. The van der Waals surface area contributed by atoms with Gasteiger partial charge in [0.25, 0.3) is 5.91 Å². The number of halogens is 1. The van der Waals surface area contributed by atoms with Crippen LogP contribution in [0.25, 0.3) is 10.9 Å². The first-order valence-electron chi connectivity index (χ1n) is 7.15. The van der Waals surface area contributed by atoms with Crippen molar-refractivity contribution in [2.45, 2.75) is 6.42 Å². The molecule has 0 radical (unpaired) electrons. The van der Waals surface area contributed by atoms with Gasteiger partial charge < -0.3 is 10.2 Å². The van der Waals surface area contributed by atoms with Gasteiger partial charge in [-0.3, -0.25) is 4.79 Å². The zero-order valence-corrected chi connectivity index (χ0v) is 12.7. The fourth-order valence-corrected chi connectivity index (χ4v) is 2.98. The molecule has 1 atom stereocenters. The second-order valence-corrected chi connectivity index (χ2v) is 6.04. The van der Waals surface area contributed by atoms with Crippen LogP contribution in [0.15, 0.2) is 30.3 Å². The van der Waals surface area contributed by atoms with E-state index in [1.807, 2.05) is 18.2 Å². The predicted octanol–water partition coefficient (Wildman–Crippen LogP) is 2.57. The molecule has 1 aromatic heterocycles. The lowest BCUT2D eigenvalue weighted by Gasteiger charge is -2.11. The maximum absolute atomic E-state index is 12.2. The molecule has 5 heteroatoms. The van der Waals surface area contributed by atoms with E-state index in [0.29, 0.717) is 28.7 Å². The molecule has 0 saturated carbocycles. The molecule has 2 aromatic rings. The number of amides is 1. The maximum Gasteiger partial charge on any atom is 0.269 e. The molecular weight excluding hydrogens is 286 g/mol. The standard InChI is InChI=1S/C16H18ClN3O/c1-20-8-7-11(10-20)9-18-16(21)14-6-5-12-3-2-4-13(17)15(12)19-14/h2-6,11H,7-10H2,1H3,(H,18,21)/t11-/m0/s1. The summed E-state index contributed by atoms with van der Waals surface area (Å²) in [6.45, 7) is 2.84. The number of pyridine rings is 1. The lowest BCUT2D eigenvalue weighted by Crippen LogP contribution is -2.31. The molecule has 1 saturated heterocycles. The Labute approximate surface area is 129 Å². The third-order valence-electron chi connectivity index (χ3n) is 3.94. The Morgan fingerprint density at radius 1 is 1.43 bits per heavy atom. The zero-order valence-electron chi connectivity index (χ0n) is 12.0. The maximum atomic E-state index is 12.2. The van der Waals surface area contributed by atoms with Crippen LogP contribution in [-0.2, 0) is 0 Å². The average Bonchev–Trinajstić information content (AvgIpc) is 2.90. The number of rotatable bonds is 3. The number of para-hydroxylation sites is 1. The lowest BCUT2D eigenvalue weighted by atomic mass is 10.1. The van der Waals surface area contributed by atoms with Crippen LogP contribution in [0.5, 0.6) is 0 Å². The average molecular weight is 304 g/mol. The number of nitrogens with one attached hydrogen (secondary N) is 1. The molecule has 110 valence electrons. The van der Waals surface area contributed by atoms with Crippen LogP contribution >= 0.6 is 11.6 Å². The number of benzene rings is 1. The number of likely N-dealkylation sites (tertiary alicyclic amines) is 1. The predicted molar refractivity (Wildman–Crippen MR) is 84.7 cm³/mol. The molecule has 1 fully saturated rings. The van der Waals surface area contributed by atoms with E-state index in [9.17, 15) is 4.79 Å². The van der Waals surface area contributed by atoms with Gasteiger partial charge >= 0.3 is 0 Å². The highest BCUT2D eigenvalue weighted by Crippen LogP contribution is 2.21. The van der Waals surface area contributed by atoms with Gasteiger partial charge in [0.1, 0.15) is 5.69 Å². The van der Waals surface area contributed by atoms with Crippen LogP contribution in [0.3, 0.4) is 0 Å². The minimum Gasteiger partial charge on any atom is -0.350 e. The summed E-state index contributed by atoms with van der Waals surface area (Å²) in [5, 5.41) is 4.48. The summed E-state index contributed by atoms with van der Waals surface area (Å²) in [6, 6.07) is 9.22. The van der Waals surface area contributed by atoms with Gasteiger partial charge in [-0.1, -0.05) is 29.8 Å². The molecule has 21 heavy (non-hydrogen) atoms. The summed E-state index contributed by atoms with van der Waals surface area (Å²) in [4.78, 5) is 18.9. The van der Waals surface area contributed by atoms with Crippen LogP contribution in [0.4, 0.5) is 0 Å². The molecule has 1 N–H and O–H groups in total. The van der Waals surface area contributed by atoms with E-state index in [1.165, 1.54) is 0 Å². The number of carbonyl (C=O) groups excluding carboxylic acids is 1. The van der Waals surface area contributed by atoms with Gasteiger partial charge in [-0.2, -0.15) is 0 Å². The molecule has 0 aliphatic carbocycles. The zero-order chi connectivity index (χ0) is 14.8. The van der Waals surface area contributed by atoms with E-state index in [1.54, 1.807) is 12.1 Å². The van der Waals surface area contributed by atoms with E-state index in [4.69, 9.17) is 11.6 Å². The van der Waals surface area contributed by atoms with Gasteiger partial charge in [0.15, 0.2) is 0 Å². The van der Waals surface area contributed by atoms with Crippen molar-refractivity contribution in [1.29, 1.82) is 0 Å². The van der Waals surface area contributed by atoms with Crippen molar-refractivity contribution in [3.05, 3.63) is 41.0 Å². The van der Waals surface area contributed by atoms with E-state index in [2.05, 4.69) is 22.2 Å². The smallest absolute Gasteiger partial charge is 0.269 e. The molecule has 1 aliphatic heterocycles. The van der Waals surface area contributed by atoms with Crippen molar-refractivity contribution in [3.8, 4) is 0 Å². The Morgan fingerprint density at radius 2 is 2.29 bits per heavy atom. The lowest BCUT2D eigenvalue weighted by molar-refractivity contribution is 0.0943. The van der Waals surface area contributed by atoms with E-state index >= 15 is 0 Å². The Balaban J connectivity index is 1.71. The summed E-state index contributed by atoms with van der Waals surface area (Å²) in [5.41, 5.74) is 1.09. The molecule has 0 bridgehead atoms. The Bertz CT molecular complexity index is 674. The fraction of sp³-hybridized carbons (Fsp3) is 0.375. The number of carbonyl (C=O) groups is 1.